The van der Waals surface area contributed by atoms with E-state index in [2.05, 4.69) is 4.98 Å². The number of hydrogen-bond acceptors (Lipinski definition) is 3. The van der Waals surface area contributed by atoms with E-state index < -0.39 is 6.10 Å². The van der Waals surface area contributed by atoms with Crippen LogP contribution in [0.1, 0.15) is 50.3 Å². The smallest absolute Gasteiger partial charge is 0.137 e. The number of pyridine rings is 1. The van der Waals surface area contributed by atoms with Gasteiger partial charge in [-0.25, -0.2) is 4.98 Å². The van der Waals surface area contributed by atoms with Crippen LogP contribution in [0.25, 0.3) is 5.65 Å². The minimum Gasteiger partial charge on any atom is -0.386 e. The first-order chi connectivity index (χ1) is 9.75. The molecule has 0 saturated heterocycles. The Morgan fingerprint density at radius 1 is 1.25 bits per heavy atom. The third-order valence-electron chi connectivity index (χ3n) is 4.75. The second-order valence-electron chi connectivity index (χ2n) is 6.02. The Labute approximate surface area is 119 Å². The summed E-state index contributed by atoms with van der Waals surface area (Å²) in [4.78, 5) is 4.57. The largest absolute Gasteiger partial charge is 0.386 e. The van der Waals surface area contributed by atoms with Gasteiger partial charge in [0.1, 0.15) is 11.8 Å². The number of imidazole rings is 1. The van der Waals surface area contributed by atoms with Gasteiger partial charge in [0.05, 0.1) is 5.69 Å². The van der Waals surface area contributed by atoms with Gasteiger partial charge < -0.3 is 15.2 Å². The lowest BCUT2D eigenvalue weighted by Crippen LogP contribution is -2.36. The zero-order valence-corrected chi connectivity index (χ0v) is 11.8. The molecule has 1 unspecified atom stereocenters. The lowest BCUT2D eigenvalue weighted by molar-refractivity contribution is 0.0139. The van der Waals surface area contributed by atoms with Crippen molar-refractivity contribution < 1.29 is 5.11 Å². The molecule has 0 aliphatic heterocycles. The van der Waals surface area contributed by atoms with E-state index in [-0.39, 0.29) is 5.41 Å². The maximum Gasteiger partial charge on any atom is 0.137 e. The van der Waals surface area contributed by atoms with Crippen molar-refractivity contribution in [3.63, 3.8) is 0 Å². The van der Waals surface area contributed by atoms with Crippen LogP contribution in [-0.4, -0.2) is 21.0 Å². The molecular formula is C16H23N3O. The first-order valence-corrected chi connectivity index (χ1v) is 7.57. The SMILES string of the molecule is NCC1(C(O)c2cn3ccccc3n2)CCCCCC1. The minimum atomic E-state index is -0.564. The molecule has 4 nitrogen and oxygen atoms in total. The Morgan fingerprint density at radius 2 is 2.00 bits per heavy atom. The molecule has 0 bridgehead atoms. The highest BCUT2D eigenvalue weighted by Gasteiger charge is 2.38. The van der Waals surface area contributed by atoms with Crippen LogP contribution in [0.4, 0.5) is 0 Å². The minimum absolute atomic E-state index is 0.200. The van der Waals surface area contributed by atoms with Crippen LogP contribution >= 0.6 is 0 Å². The molecule has 0 aromatic carbocycles. The molecule has 0 amide bonds. The van der Waals surface area contributed by atoms with Gasteiger partial charge in [-0.05, 0) is 25.0 Å². The predicted molar refractivity (Wildman–Crippen MR) is 79.3 cm³/mol. The Bertz CT molecular complexity index is 537. The molecule has 1 aliphatic rings. The second kappa shape index (κ2) is 5.54. The Balaban J connectivity index is 1.94. The molecule has 3 rings (SSSR count). The summed E-state index contributed by atoms with van der Waals surface area (Å²) in [5, 5.41) is 10.9. The average molecular weight is 273 g/mol. The summed E-state index contributed by atoms with van der Waals surface area (Å²) in [7, 11) is 0. The molecule has 1 atom stereocenters. The van der Waals surface area contributed by atoms with Crippen molar-refractivity contribution >= 4 is 5.65 Å². The molecule has 0 spiro atoms. The number of hydrogen-bond donors (Lipinski definition) is 2. The molecule has 1 fully saturated rings. The van der Waals surface area contributed by atoms with E-state index in [0.29, 0.717) is 6.54 Å². The fourth-order valence-corrected chi connectivity index (χ4v) is 3.42. The Hall–Kier alpha value is -1.39. The number of aliphatic hydroxyl groups is 1. The first-order valence-electron chi connectivity index (χ1n) is 7.57. The average Bonchev–Trinajstić information content (AvgIpc) is 2.76. The van der Waals surface area contributed by atoms with Crippen LogP contribution in [0.15, 0.2) is 30.6 Å². The molecule has 2 aromatic heterocycles. The van der Waals surface area contributed by atoms with E-state index in [4.69, 9.17) is 5.73 Å². The maximum absolute atomic E-state index is 10.9. The van der Waals surface area contributed by atoms with Crippen LogP contribution in [0.5, 0.6) is 0 Å². The molecule has 4 heteroatoms. The summed E-state index contributed by atoms with van der Waals surface area (Å²) in [6.45, 7) is 0.530. The standard InChI is InChI=1S/C16H23N3O/c17-12-16(8-4-1-2-5-9-16)15(20)13-11-19-10-6-3-7-14(19)18-13/h3,6-7,10-11,15,20H,1-2,4-5,8-9,12,17H2. The molecule has 20 heavy (non-hydrogen) atoms. The molecule has 2 heterocycles. The van der Waals surface area contributed by atoms with Gasteiger partial charge in [0.15, 0.2) is 0 Å². The molecule has 0 radical (unpaired) electrons. The highest BCUT2D eigenvalue weighted by molar-refractivity contribution is 5.40. The van der Waals surface area contributed by atoms with Crippen LogP contribution in [0.3, 0.4) is 0 Å². The summed E-state index contributed by atoms with van der Waals surface area (Å²) in [6, 6.07) is 5.89. The molecule has 108 valence electrons. The van der Waals surface area contributed by atoms with Gasteiger partial charge in [-0.3, -0.25) is 0 Å². The van der Waals surface area contributed by atoms with Gasteiger partial charge in [0.2, 0.25) is 0 Å². The van der Waals surface area contributed by atoms with Crippen LogP contribution in [-0.2, 0) is 0 Å². The zero-order chi connectivity index (χ0) is 14.0. The normalized spacial score (nSPS) is 20.7. The third-order valence-corrected chi connectivity index (χ3v) is 4.75. The number of fused-ring (bicyclic) bond motifs is 1. The van der Waals surface area contributed by atoms with Gasteiger partial charge in [0.25, 0.3) is 0 Å². The fourth-order valence-electron chi connectivity index (χ4n) is 3.42. The van der Waals surface area contributed by atoms with Crippen molar-refractivity contribution in [3.8, 4) is 0 Å². The summed E-state index contributed by atoms with van der Waals surface area (Å²) >= 11 is 0. The third kappa shape index (κ3) is 2.34. The summed E-state index contributed by atoms with van der Waals surface area (Å²) in [6.07, 6.45) is 10.1. The molecule has 2 aromatic rings. The highest BCUT2D eigenvalue weighted by Crippen LogP contribution is 2.43. The second-order valence-corrected chi connectivity index (χ2v) is 6.02. The lowest BCUT2D eigenvalue weighted by atomic mass is 9.74. The van der Waals surface area contributed by atoms with Gasteiger partial charge >= 0.3 is 0 Å². The lowest BCUT2D eigenvalue weighted by Gasteiger charge is -2.35. The highest BCUT2D eigenvalue weighted by atomic mass is 16.3. The maximum atomic E-state index is 10.9. The topological polar surface area (TPSA) is 63.5 Å². The van der Waals surface area contributed by atoms with Crippen molar-refractivity contribution in [1.82, 2.24) is 9.38 Å². The first kappa shape index (κ1) is 13.6. The zero-order valence-electron chi connectivity index (χ0n) is 11.8. The van der Waals surface area contributed by atoms with Crippen LogP contribution < -0.4 is 5.73 Å². The fraction of sp³-hybridized carbons (Fsp3) is 0.562. The Morgan fingerprint density at radius 3 is 2.65 bits per heavy atom. The van der Waals surface area contributed by atoms with Crippen molar-refractivity contribution in [2.24, 2.45) is 11.1 Å². The van der Waals surface area contributed by atoms with E-state index in [1.165, 1.54) is 12.8 Å². The Kier molecular flexibility index (Phi) is 3.76. The summed E-state index contributed by atoms with van der Waals surface area (Å²) < 4.78 is 1.96. The van der Waals surface area contributed by atoms with E-state index in [9.17, 15) is 5.11 Å². The number of aromatic nitrogens is 2. The molecule has 1 aliphatic carbocycles. The summed E-state index contributed by atoms with van der Waals surface area (Å²) in [5.74, 6) is 0. The quantitative estimate of drug-likeness (QED) is 0.845. The van der Waals surface area contributed by atoms with E-state index >= 15 is 0 Å². The molecule has 3 N–H and O–H groups in total. The van der Waals surface area contributed by atoms with Crippen molar-refractivity contribution in [2.75, 3.05) is 6.54 Å². The van der Waals surface area contributed by atoms with Crippen molar-refractivity contribution in [2.45, 2.75) is 44.6 Å². The van der Waals surface area contributed by atoms with Crippen LogP contribution in [0.2, 0.25) is 0 Å². The van der Waals surface area contributed by atoms with E-state index in [0.717, 1.165) is 37.0 Å². The molecule has 1 saturated carbocycles. The predicted octanol–water partition coefficient (Wildman–Crippen LogP) is 2.67. The number of nitrogens with zero attached hydrogens (tertiary/aromatic N) is 2. The van der Waals surface area contributed by atoms with Crippen LogP contribution in [0, 0.1) is 5.41 Å². The van der Waals surface area contributed by atoms with Gasteiger partial charge in [-0.15, -0.1) is 0 Å². The van der Waals surface area contributed by atoms with Crippen molar-refractivity contribution in [1.29, 1.82) is 0 Å². The van der Waals surface area contributed by atoms with Gasteiger partial charge in [-0.2, -0.15) is 0 Å². The van der Waals surface area contributed by atoms with Crippen molar-refractivity contribution in [3.05, 3.63) is 36.3 Å². The monoisotopic (exact) mass is 273 g/mol. The van der Waals surface area contributed by atoms with E-state index in [1.807, 2.05) is 35.0 Å². The molecular weight excluding hydrogens is 250 g/mol. The van der Waals surface area contributed by atoms with Gasteiger partial charge in [-0.1, -0.05) is 31.7 Å². The van der Waals surface area contributed by atoms with Gasteiger partial charge in [0, 0.05) is 24.4 Å². The summed E-state index contributed by atoms with van der Waals surface area (Å²) in [5.41, 5.74) is 7.48. The number of aliphatic hydroxyl groups excluding tert-OH is 1. The number of rotatable bonds is 3. The van der Waals surface area contributed by atoms with E-state index in [1.54, 1.807) is 0 Å². The number of nitrogens with two attached hydrogens (primary N) is 1.